The van der Waals surface area contributed by atoms with Crippen LogP contribution in [0.25, 0.3) is 11.0 Å². The molecule has 3 heteroatoms. The van der Waals surface area contributed by atoms with Crippen LogP contribution in [0.2, 0.25) is 0 Å². The van der Waals surface area contributed by atoms with Gasteiger partial charge < -0.3 is 4.98 Å². The monoisotopic (exact) mass is 157 g/mol. The van der Waals surface area contributed by atoms with Crippen molar-refractivity contribution in [3.05, 3.63) is 29.6 Å². The summed E-state index contributed by atoms with van der Waals surface area (Å²) < 4.78 is 0. The van der Waals surface area contributed by atoms with Crippen molar-refractivity contribution in [2.75, 3.05) is 0 Å². The van der Waals surface area contributed by atoms with E-state index in [1.165, 1.54) is 0 Å². The lowest BCUT2D eigenvalue weighted by Crippen LogP contribution is -1.76. The van der Waals surface area contributed by atoms with Crippen molar-refractivity contribution in [1.29, 1.82) is 5.26 Å². The fourth-order valence-electron chi connectivity index (χ4n) is 1.25. The van der Waals surface area contributed by atoms with Gasteiger partial charge in [-0.05, 0) is 19.1 Å². The Bertz CT molecular complexity index is 462. The van der Waals surface area contributed by atoms with Gasteiger partial charge in [-0.3, -0.25) is 0 Å². The van der Waals surface area contributed by atoms with E-state index >= 15 is 0 Å². The summed E-state index contributed by atoms with van der Waals surface area (Å²) in [5.74, 6) is 0.840. The number of aromatic amines is 1. The van der Waals surface area contributed by atoms with E-state index in [4.69, 9.17) is 5.26 Å². The summed E-state index contributed by atoms with van der Waals surface area (Å²) in [5, 5.41) is 8.74. The van der Waals surface area contributed by atoms with Gasteiger partial charge in [-0.25, -0.2) is 4.98 Å². The minimum atomic E-state index is 0.622. The molecule has 2 aromatic rings. The lowest BCUT2D eigenvalue weighted by Gasteiger charge is -1.88. The molecular weight excluding hydrogens is 150 g/mol. The molecule has 0 fully saturated rings. The second-order valence-electron chi connectivity index (χ2n) is 2.64. The lowest BCUT2D eigenvalue weighted by atomic mass is 10.2. The van der Waals surface area contributed by atoms with E-state index in [0.717, 1.165) is 16.9 Å². The van der Waals surface area contributed by atoms with Gasteiger partial charge in [0.25, 0.3) is 0 Å². The number of benzene rings is 1. The molecule has 0 aliphatic carbocycles. The number of imidazole rings is 1. The standard InChI is InChI=1S/C9H7N3/c1-6-11-8-4-2-3-7(5-10)9(8)12-6/h2-4H,1H3,(H,11,12). The Morgan fingerprint density at radius 3 is 3.08 bits per heavy atom. The highest BCUT2D eigenvalue weighted by Gasteiger charge is 2.02. The molecule has 0 bridgehead atoms. The molecule has 0 aliphatic heterocycles. The highest BCUT2D eigenvalue weighted by Crippen LogP contribution is 2.14. The SMILES string of the molecule is Cc1nc2c(C#N)cccc2[nH]1. The summed E-state index contributed by atoms with van der Waals surface area (Å²) in [6.07, 6.45) is 0. The van der Waals surface area contributed by atoms with Gasteiger partial charge in [0, 0.05) is 0 Å². The van der Waals surface area contributed by atoms with E-state index < -0.39 is 0 Å². The molecule has 1 heterocycles. The summed E-state index contributed by atoms with van der Waals surface area (Å²) in [6.45, 7) is 1.88. The van der Waals surface area contributed by atoms with E-state index in [9.17, 15) is 0 Å². The molecular formula is C9H7N3. The number of H-pyrrole nitrogens is 1. The Hall–Kier alpha value is -1.82. The Morgan fingerprint density at radius 1 is 1.50 bits per heavy atom. The average Bonchev–Trinajstić information content (AvgIpc) is 2.44. The molecule has 1 aromatic heterocycles. The second kappa shape index (κ2) is 2.35. The van der Waals surface area contributed by atoms with Crippen molar-refractivity contribution in [1.82, 2.24) is 9.97 Å². The number of aromatic nitrogens is 2. The maximum absolute atomic E-state index is 8.74. The minimum Gasteiger partial charge on any atom is -0.342 e. The van der Waals surface area contributed by atoms with E-state index in [1.54, 1.807) is 6.07 Å². The summed E-state index contributed by atoms with van der Waals surface area (Å²) in [7, 11) is 0. The van der Waals surface area contributed by atoms with Crippen LogP contribution in [-0.2, 0) is 0 Å². The summed E-state index contributed by atoms with van der Waals surface area (Å²) >= 11 is 0. The second-order valence-corrected chi connectivity index (χ2v) is 2.64. The van der Waals surface area contributed by atoms with Crippen LogP contribution in [0.1, 0.15) is 11.4 Å². The fourth-order valence-corrected chi connectivity index (χ4v) is 1.25. The maximum atomic E-state index is 8.74. The van der Waals surface area contributed by atoms with Crippen molar-refractivity contribution < 1.29 is 0 Å². The van der Waals surface area contributed by atoms with Crippen LogP contribution in [0.4, 0.5) is 0 Å². The smallest absolute Gasteiger partial charge is 0.106 e. The Morgan fingerprint density at radius 2 is 2.33 bits per heavy atom. The predicted molar refractivity (Wildman–Crippen MR) is 45.5 cm³/mol. The molecule has 58 valence electrons. The predicted octanol–water partition coefficient (Wildman–Crippen LogP) is 1.74. The lowest BCUT2D eigenvalue weighted by molar-refractivity contribution is 1.17. The molecule has 0 saturated heterocycles. The molecule has 0 amide bonds. The number of hydrogen-bond donors (Lipinski definition) is 1. The first-order valence-corrected chi connectivity index (χ1v) is 3.66. The largest absolute Gasteiger partial charge is 0.342 e. The molecule has 0 aliphatic rings. The van der Waals surface area contributed by atoms with Crippen molar-refractivity contribution in [3.63, 3.8) is 0 Å². The van der Waals surface area contributed by atoms with Crippen LogP contribution in [0.15, 0.2) is 18.2 Å². The van der Waals surface area contributed by atoms with Gasteiger partial charge in [-0.15, -0.1) is 0 Å². The van der Waals surface area contributed by atoms with Crippen LogP contribution in [0, 0.1) is 18.3 Å². The average molecular weight is 157 g/mol. The normalized spacial score (nSPS) is 10.0. The first kappa shape index (κ1) is 6.86. The third-order valence-electron chi connectivity index (χ3n) is 1.75. The van der Waals surface area contributed by atoms with Gasteiger partial charge in [-0.2, -0.15) is 5.26 Å². The zero-order valence-electron chi connectivity index (χ0n) is 6.63. The fraction of sp³-hybridized carbons (Fsp3) is 0.111. The first-order valence-electron chi connectivity index (χ1n) is 3.66. The molecule has 3 nitrogen and oxygen atoms in total. The first-order chi connectivity index (χ1) is 5.81. The number of rotatable bonds is 0. The highest BCUT2D eigenvalue weighted by molar-refractivity contribution is 5.81. The molecule has 1 aromatic carbocycles. The van der Waals surface area contributed by atoms with Gasteiger partial charge in [0.05, 0.1) is 11.1 Å². The summed E-state index contributed by atoms with van der Waals surface area (Å²) in [6, 6.07) is 7.63. The minimum absolute atomic E-state index is 0.622. The van der Waals surface area contributed by atoms with E-state index in [1.807, 2.05) is 19.1 Å². The van der Waals surface area contributed by atoms with Crippen LogP contribution in [-0.4, -0.2) is 9.97 Å². The molecule has 0 radical (unpaired) electrons. The van der Waals surface area contributed by atoms with E-state index in [-0.39, 0.29) is 0 Å². The van der Waals surface area contributed by atoms with Crippen molar-refractivity contribution in [2.24, 2.45) is 0 Å². The third-order valence-corrected chi connectivity index (χ3v) is 1.75. The Balaban J connectivity index is 2.89. The number of nitrogens with zero attached hydrogens (tertiary/aromatic N) is 2. The van der Waals surface area contributed by atoms with Crippen molar-refractivity contribution in [2.45, 2.75) is 6.92 Å². The quantitative estimate of drug-likeness (QED) is 0.633. The maximum Gasteiger partial charge on any atom is 0.106 e. The number of fused-ring (bicyclic) bond motifs is 1. The van der Waals surface area contributed by atoms with Gasteiger partial charge in [0.1, 0.15) is 17.4 Å². The van der Waals surface area contributed by atoms with Gasteiger partial charge in [-0.1, -0.05) is 6.07 Å². The van der Waals surface area contributed by atoms with Crippen molar-refractivity contribution in [3.8, 4) is 6.07 Å². The highest BCUT2D eigenvalue weighted by atomic mass is 14.9. The van der Waals surface area contributed by atoms with Gasteiger partial charge >= 0.3 is 0 Å². The van der Waals surface area contributed by atoms with E-state index in [0.29, 0.717) is 5.56 Å². The van der Waals surface area contributed by atoms with Crippen LogP contribution >= 0.6 is 0 Å². The number of hydrogen-bond acceptors (Lipinski definition) is 2. The van der Waals surface area contributed by atoms with Gasteiger partial charge in [0.15, 0.2) is 0 Å². The molecule has 0 saturated carbocycles. The topological polar surface area (TPSA) is 52.5 Å². The van der Waals surface area contributed by atoms with Crippen LogP contribution < -0.4 is 0 Å². The number of aryl methyl sites for hydroxylation is 1. The molecule has 0 unspecified atom stereocenters. The zero-order valence-corrected chi connectivity index (χ0v) is 6.63. The number of para-hydroxylation sites is 1. The summed E-state index contributed by atoms with van der Waals surface area (Å²) in [5.41, 5.74) is 2.31. The Labute approximate surface area is 69.7 Å². The van der Waals surface area contributed by atoms with Crippen LogP contribution in [0.5, 0.6) is 0 Å². The number of nitrogens with one attached hydrogen (secondary N) is 1. The molecule has 0 spiro atoms. The third kappa shape index (κ3) is 0.857. The van der Waals surface area contributed by atoms with E-state index in [2.05, 4.69) is 16.0 Å². The molecule has 2 rings (SSSR count). The molecule has 12 heavy (non-hydrogen) atoms. The van der Waals surface area contributed by atoms with Crippen LogP contribution in [0.3, 0.4) is 0 Å². The zero-order chi connectivity index (χ0) is 8.55. The van der Waals surface area contributed by atoms with Crippen molar-refractivity contribution >= 4 is 11.0 Å². The summed E-state index contributed by atoms with van der Waals surface area (Å²) in [4.78, 5) is 7.28. The van der Waals surface area contributed by atoms with Gasteiger partial charge in [0.2, 0.25) is 0 Å². The molecule has 1 N–H and O–H groups in total. The Kier molecular flexibility index (Phi) is 1.34. The molecule has 0 atom stereocenters. The number of nitriles is 1.